The highest BCUT2D eigenvalue weighted by Crippen LogP contribution is 2.27. The lowest BCUT2D eigenvalue weighted by molar-refractivity contribution is -0.118. The van der Waals surface area contributed by atoms with Crippen molar-refractivity contribution in [2.24, 2.45) is 0 Å². The lowest BCUT2D eigenvalue weighted by Gasteiger charge is -2.12. The van der Waals surface area contributed by atoms with E-state index in [1.165, 1.54) is 14.0 Å². The molecular weight excluding hydrogens is 308 g/mol. The van der Waals surface area contributed by atoms with Gasteiger partial charge in [-0.25, -0.2) is 0 Å². The number of aryl methyl sites for hydroxylation is 1. The number of carbonyl (C=O) groups is 2. The zero-order valence-corrected chi connectivity index (χ0v) is 13.9. The van der Waals surface area contributed by atoms with Crippen LogP contribution in [0, 0.1) is 6.92 Å². The molecule has 0 unspecified atom stereocenters. The summed E-state index contributed by atoms with van der Waals surface area (Å²) in [5, 5.41) is 5.38. The number of amides is 2. The Kier molecular flexibility index (Phi) is 5.78. The Hall–Kier alpha value is -3.02. The second-order valence-electron chi connectivity index (χ2n) is 5.20. The molecule has 0 radical (unpaired) electrons. The molecule has 0 saturated heterocycles. The number of methoxy groups -OCH3 is 1. The number of carbonyl (C=O) groups excluding carboxylic acids is 2. The highest BCUT2D eigenvalue weighted by atomic mass is 16.5. The van der Waals surface area contributed by atoms with Crippen LogP contribution in [-0.4, -0.2) is 25.5 Å². The average molecular weight is 328 g/mol. The molecule has 0 saturated carbocycles. The molecule has 6 nitrogen and oxygen atoms in total. The molecule has 24 heavy (non-hydrogen) atoms. The van der Waals surface area contributed by atoms with Crippen LogP contribution in [0.3, 0.4) is 0 Å². The van der Waals surface area contributed by atoms with E-state index in [4.69, 9.17) is 9.47 Å². The van der Waals surface area contributed by atoms with Crippen molar-refractivity contribution >= 4 is 23.2 Å². The summed E-state index contributed by atoms with van der Waals surface area (Å²) in [5.74, 6) is 0.664. The molecule has 0 heterocycles. The molecule has 2 aromatic carbocycles. The van der Waals surface area contributed by atoms with Gasteiger partial charge in [0.15, 0.2) is 6.61 Å². The van der Waals surface area contributed by atoms with Crippen LogP contribution in [0.4, 0.5) is 11.4 Å². The van der Waals surface area contributed by atoms with Crippen molar-refractivity contribution in [1.29, 1.82) is 0 Å². The van der Waals surface area contributed by atoms with Crippen LogP contribution in [-0.2, 0) is 9.59 Å². The quantitative estimate of drug-likeness (QED) is 0.855. The van der Waals surface area contributed by atoms with Crippen molar-refractivity contribution in [2.75, 3.05) is 24.4 Å². The smallest absolute Gasteiger partial charge is 0.262 e. The van der Waals surface area contributed by atoms with Gasteiger partial charge in [-0.1, -0.05) is 18.2 Å². The fourth-order valence-corrected chi connectivity index (χ4v) is 2.13. The van der Waals surface area contributed by atoms with Crippen molar-refractivity contribution in [3.63, 3.8) is 0 Å². The van der Waals surface area contributed by atoms with Gasteiger partial charge < -0.3 is 20.1 Å². The van der Waals surface area contributed by atoms with Gasteiger partial charge in [0, 0.05) is 12.6 Å². The molecule has 2 rings (SSSR count). The molecule has 2 N–H and O–H groups in total. The molecular formula is C18H20N2O4. The van der Waals surface area contributed by atoms with Gasteiger partial charge in [0.05, 0.1) is 12.8 Å². The van der Waals surface area contributed by atoms with Crippen LogP contribution < -0.4 is 20.1 Å². The Labute approximate surface area is 140 Å². The first-order valence-corrected chi connectivity index (χ1v) is 7.43. The topological polar surface area (TPSA) is 76.7 Å². The Morgan fingerprint density at radius 1 is 1.04 bits per heavy atom. The number of rotatable bonds is 6. The lowest BCUT2D eigenvalue weighted by atomic mass is 10.2. The molecule has 2 aromatic rings. The number of nitrogens with one attached hydrogen (secondary N) is 2. The molecule has 0 aliphatic rings. The van der Waals surface area contributed by atoms with Gasteiger partial charge in [-0.3, -0.25) is 9.59 Å². The summed E-state index contributed by atoms with van der Waals surface area (Å²) in [6.45, 7) is 3.21. The molecule has 6 heteroatoms. The molecule has 0 aromatic heterocycles. The number of ether oxygens (including phenoxy) is 2. The molecule has 2 amide bonds. The van der Waals surface area contributed by atoms with E-state index in [0.717, 1.165) is 5.56 Å². The van der Waals surface area contributed by atoms with Crippen LogP contribution in [0.5, 0.6) is 11.5 Å². The minimum absolute atomic E-state index is 0.105. The maximum atomic E-state index is 12.0. The molecule has 0 atom stereocenters. The van der Waals surface area contributed by atoms with Gasteiger partial charge in [0.2, 0.25) is 5.91 Å². The van der Waals surface area contributed by atoms with E-state index in [9.17, 15) is 9.59 Å². The summed E-state index contributed by atoms with van der Waals surface area (Å²) in [7, 11) is 1.51. The van der Waals surface area contributed by atoms with E-state index in [2.05, 4.69) is 10.6 Å². The fraction of sp³-hybridized carbons (Fsp3) is 0.222. The first-order chi connectivity index (χ1) is 11.5. The normalized spacial score (nSPS) is 9.96. The second kappa shape index (κ2) is 8.01. The standard InChI is InChI=1S/C18H20N2O4/c1-12-6-4-5-7-16(12)24-11-18(22)20-14-8-9-17(23-3)15(10-14)19-13(2)21/h4-10H,11H2,1-3H3,(H,19,21)(H,20,22). The summed E-state index contributed by atoms with van der Waals surface area (Å²) < 4.78 is 10.7. The average Bonchev–Trinajstić information content (AvgIpc) is 2.54. The maximum absolute atomic E-state index is 12.0. The third kappa shape index (κ3) is 4.74. The van der Waals surface area contributed by atoms with Crippen LogP contribution >= 0.6 is 0 Å². The first kappa shape index (κ1) is 17.3. The zero-order valence-electron chi connectivity index (χ0n) is 13.9. The molecule has 0 fully saturated rings. The van der Waals surface area contributed by atoms with Crippen molar-refractivity contribution in [3.05, 3.63) is 48.0 Å². The molecule has 0 aliphatic carbocycles. The third-order valence-corrected chi connectivity index (χ3v) is 3.25. The van der Waals surface area contributed by atoms with Crippen molar-refractivity contribution in [1.82, 2.24) is 0 Å². The van der Waals surface area contributed by atoms with Crippen LogP contribution in [0.2, 0.25) is 0 Å². The van der Waals surface area contributed by atoms with E-state index in [1.807, 2.05) is 31.2 Å². The summed E-state index contributed by atoms with van der Waals surface area (Å²) in [4.78, 5) is 23.3. The predicted molar refractivity (Wildman–Crippen MR) is 92.6 cm³/mol. The van der Waals surface area contributed by atoms with E-state index in [0.29, 0.717) is 22.9 Å². The molecule has 0 aliphatic heterocycles. The van der Waals surface area contributed by atoms with E-state index < -0.39 is 0 Å². The lowest BCUT2D eigenvalue weighted by Crippen LogP contribution is -2.20. The first-order valence-electron chi connectivity index (χ1n) is 7.43. The van der Waals surface area contributed by atoms with E-state index in [-0.39, 0.29) is 18.4 Å². The summed E-state index contributed by atoms with van der Waals surface area (Å²) in [6, 6.07) is 12.5. The number of para-hydroxylation sites is 1. The summed E-state index contributed by atoms with van der Waals surface area (Å²) in [5.41, 5.74) is 1.99. The van der Waals surface area contributed by atoms with Gasteiger partial charge in [0.1, 0.15) is 11.5 Å². The minimum Gasteiger partial charge on any atom is -0.495 e. The number of benzene rings is 2. The fourth-order valence-electron chi connectivity index (χ4n) is 2.13. The van der Waals surface area contributed by atoms with Crippen molar-refractivity contribution < 1.29 is 19.1 Å². The summed E-state index contributed by atoms with van der Waals surface area (Å²) >= 11 is 0. The second-order valence-corrected chi connectivity index (χ2v) is 5.20. The van der Waals surface area contributed by atoms with Gasteiger partial charge in [-0.05, 0) is 36.8 Å². The van der Waals surface area contributed by atoms with Gasteiger partial charge in [0.25, 0.3) is 5.91 Å². The number of hydrogen-bond acceptors (Lipinski definition) is 4. The molecule has 0 bridgehead atoms. The van der Waals surface area contributed by atoms with Gasteiger partial charge >= 0.3 is 0 Å². The maximum Gasteiger partial charge on any atom is 0.262 e. The van der Waals surface area contributed by atoms with Crippen molar-refractivity contribution in [3.8, 4) is 11.5 Å². The van der Waals surface area contributed by atoms with Gasteiger partial charge in [-0.15, -0.1) is 0 Å². The Morgan fingerprint density at radius 3 is 2.46 bits per heavy atom. The Bertz CT molecular complexity index is 744. The highest BCUT2D eigenvalue weighted by molar-refractivity contribution is 5.95. The minimum atomic E-state index is -0.294. The van der Waals surface area contributed by atoms with E-state index >= 15 is 0 Å². The largest absolute Gasteiger partial charge is 0.495 e. The Balaban J connectivity index is 2.01. The van der Waals surface area contributed by atoms with Crippen LogP contribution in [0.25, 0.3) is 0 Å². The van der Waals surface area contributed by atoms with Gasteiger partial charge in [-0.2, -0.15) is 0 Å². The zero-order chi connectivity index (χ0) is 17.5. The third-order valence-electron chi connectivity index (χ3n) is 3.25. The summed E-state index contributed by atoms with van der Waals surface area (Å²) in [6.07, 6.45) is 0. The monoisotopic (exact) mass is 328 g/mol. The predicted octanol–water partition coefficient (Wildman–Crippen LogP) is 2.98. The van der Waals surface area contributed by atoms with E-state index in [1.54, 1.807) is 18.2 Å². The molecule has 126 valence electrons. The van der Waals surface area contributed by atoms with Crippen molar-refractivity contribution in [2.45, 2.75) is 13.8 Å². The van der Waals surface area contributed by atoms with Crippen LogP contribution in [0.1, 0.15) is 12.5 Å². The SMILES string of the molecule is COc1ccc(NC(=O)COc2ccccc2C)cc1NC(C)=O. The Morgan fingerprint density at radius 2 is 1.79 bits per heavy atom. The number of hydrogen-bond donors (Lipinski definition) is 2. The molecule has 0 spiro atoms. The van der Waals surface area contributed by atoms with Crippen LogP contribution in [0.15, 0.2) is 42.5 Å². The number of anilines is 2. The highest BCUT2D eigenvalue weighted by Gasteiger charge is 2.09.